The average Bonchev–Trinajstić information content (AvgIpc) is 2.26. The molecular weight excluding hydrogens is 294 g/mol. The first kappa shape index (κ1) is 15.3. The van der Waals surface area contributed by atoms with E-state index in [4.69, 9.17) is 15.2 Å². The fraction of sp³-hybridized carbons (Fsp3) is 0.571. The summed E-state index contributed by atoms with van der Waals surface area (Å²) in [5.41, 5.74) is 7.43. The summed E-state index contributed by atoms with van der Waals surface area (Å²) in [5.74, 6) is 1.56. The van der Waals surface area contributed by atoms with Gasteiger partial charge in [0.2, 0.25) is 0 Å². The van der Waals surface area contributed by atoms with Crippen molar-refractivity contribution in [2.45, 2.75) is 33.2 Å². The molecule has 4 heteroatoms. The predicted molar refractivity (Wildman–Crippen MR) is 78.2 cm³/mol. The summed E-state index contributed by atoms with van der Waals surface area (Å²) in [5, 5.41) is 0. The van der Waals surface area contributed by atoms with Crippen LogP contribution in [-0.4, -0.2) is 14.2 Å². The second-order valence-corrected chi connectivity index (χ2v) is 6.45. The zero-order valence-electron chi connectivity index (χ0n) is 11.7. The van der Waals surface area contributed by atoms with Gasteiger partial charge in [0.05, 0.1) is 18.7 Å². The van der Waals surface area contributed by atoms with E-state index in [1.165, 1.54) is 0 Å². The Morgan fingerprint density at radius 3 is 2.17 bits per heavy atom. The lowest BCUT2D eigenvalue weighted by Gasteiger charge is -2.25. The van der Waals surface area contributed by atoms with Gasteiger partial charge in [-0.15, -0.1) is 0 Å². The first-order chi connectivity index (χ1) is 8.28. The normalized spacial score (nSPS) is 13.3. The van der Waals surface area contributed by atoms with E-state index in [1.54, 1.807) is 14.2 Å². The third-order valence-electron chi connectivity index (χ3n) is 2.74. The minimum Gasteiger partial charge on any atom is -0.496 e. The Labute approximate surface area is 118 Å². The Hall–Kier alpha value is -0.740. The van der Waals surface area contributed by atoms with Crippen molar-refractivity contribution in [2.75, 3.05) is 14.2 Å². The van der Waals surface area contributed by atoms with E-state index in [0.717, 1.165) is 28.0 Å². The summed E-state index contributed by atoms with van der Waals surface area (Å²) in [6.07, 6.45) is 0.883. The topological polar surface area (TPSA) is 44.5 Å². The van der Waals surface area contributed by atoms with Gasteiger partial charge in [0.15, 0.2) is 0 Å². The Bertz CT molecular complexity index is 413. The van der Waals surface area contributed by atoms with Crippen molar-refractivity contribution >= 4 is 15.9 Å². The van der Waals surface area contributed by atoms with Gasteiger partial charge < -0.3 is 15.2 Å². The van der Waals surface area contributed by atoms with Crippen LogP contribution >= 0.6 is 15.9 Å². The van der Waals surface area contributed by atoms with E-state index in [1.807, 2.05) is 12.1 Å². The maximum Gasteiger partial charge on any atom is 0.133 e. The molecule has 0 radical (unpaired) electrons. The molecule has 102 valence electrons. The van der Waals surface area contributed by atoms with Gasteiger partial charge in [-0.25, -0.2) is 0 Å². The maximum absolute atomic E-state index is 6.28. The van der Waals surface area contributed by atoms with Crippen LogP contribution in [0.5, 0.6) is 11.5 Å². The van der Waals surface area contributed by atoms with Crippen LogP contribution < -0.4 is 15.2 Å². The van der Waals surface area contributed by atoms with Crippen LogP contribution in [0.1, 0.15) is 38.8 Å². The van der Waals surface area contributed by atoms with Gasteiger partial charge in [0.1, 0.15) is 11.5 Å². The van der Waals surface area contributed by atoms with Crippen molar-refractivity contribution in [2.24, 2.45) is 11.1 Å². The molecule has 0 aliphatic heterocycles. The standard InChI is InChI=1S/C14H22BrNO2/c1-14(2,3)8-11(16)9-6-13(18-5)10(15)7-12(9)17-4/h6-7,11H,8,16H2,1-5H3. The number of hydrogen-bond acceptors (Lipinski definition) is 3. The highest BCUT2D eigenvalue weighted by Gasteiger charge is 2.21. The van der Waals surface area contributed by atoms with E-state index in [9.17, 15) is 0 Å². The van der Waals surface area contributed by atoms with Gasteiger partial charge in [-0.1, -0.05) is 20.8 Å². The molecule has 0 amide bonds. The fourth-order valence-electron chi connectivity index (χ4n) is 1.94. The number of nitrogens with two attached hydrogens (primary N) is 1. The molecule has 0 saturated heterocycles. The van der Waals surface area contributed by atoms with Gasteiger partial charge in [-0.3, -0.25) is 0 Å². The highest BCUT2D eigenvalue weighted by atomic mass is 79.9. The molecule has 18 heavy (non-hydrogen) atoms. The van der Waals surface area contributed by atoms with E-state index in [2.05, 4.69) is 36.7 Å². The second kappa shape index (κ2) is 5.93. The minimum atomic E-state index is -0.0676. The van der Waals surface area contributed by atoms with Crippen LogP contribution in [0.15, 0.2) is 16.6 Å². The molecule has 3 nitrogen and oxygen atoms in total. The summed E-state index contributed by atoms with van der Waals surface area (Å²) in [7, 11) is 3.30. The van der Waals surface area contributed by atoms with Crippen LogP contribution in [0.3, 0.4) is 0 Å². The molecule has 0 aliphatic rings. The molecule has 1 aromatic carbocycles. The van der Waals surface area contributed by atoms with Crippen molar-refractivity contribution in [3.05, 3.63) is 22.2 Å². The van der Waals surface area contributed by atoms with Gasteiger partial charge in [0, 0.05) is 11.6 Å². The molecule has 2 N–H and O–H groups in total. The summed E-state index contributed by atoms with van der Waals surface area (Å²) in [6.45, 7) is 6.53. The predicted octanol–water partition coefficient (Wildman–Crippen LogP) is 3.90. The second-order valence-electron chi connectivity index (χ2n) is 5.60. The molecule has 1 unspecified atom stereocenters. The number of halogens is 1. The molecule has 1 aromatic rings. The zero-order valence-corrected chi connectivity index (χ0v) is 13.3. The Morgan fingerprint density at radius 2 is 1.72 bits per heavy atom. The smallest absolute Gasteiger partial charge is 0.133 e. The van der Waals surface area contributed by atoms with E-state index in [-0.39, 0.29) is 11.5 Å². The van der Waals surface area contributed by atoms with Crippen LogP contribution in [0.2, 0.25) is 0 Å². The first-order valence-electron chi connectivity index (χ1n) is 5.95. The van der Waals surface area contributed by atoms with Crippen molar-refractivity contribution in [3.63, 3.8) is 0 Å². The summed E-state index contributed by atoms with van der Waals surface area (Å²) in [6, 6.07) is 3.78. The van der Waals surface area contributed by atoms with E-state index < -0.39 is 0 Å². The quantitative estimate of drug-likeness (QED) is 0.916. The maximum atomic E-state index is 6.28. The van der Waals surface area contributed by atoms with Gasteiger partial charge >= 0.3 is 0 Å². The number of methoxy groups -OCH3 is 2. The van der Waals surface area contributed by atoms with Crippen LogP contribution in [0.25, 0.3) is 0 Å². The number of hydrogen-bond donors (Lipinski definition) is 1. The third-order valence-corrected chi connectivity index (χ3v) is 3.36. The molecule has 1 rings (SSSR count). The number of ether oxygens (including phenoxy) is 2. The monoisotopic (exact) mass is 315 g/mol. The van der Waals surface area contributed by atoms with Crippen molar-refractivity contribution < 1.29 is 9.47 Å². The lowest BCUT2D eigenvalue weighted by atomic mass is 9.85. The van der Waals surface area contributed by atoms with Crippen molar-refractivity contribution in [1.29, 1.82) is 0 Å². The molecule has 1 atom stereocenters. The lowest BCUT2D eigenvalue weighted by molar-refractivity contribution is 0.333. The molecule has 0 fully saturated rings. The largest absolute Gasteiger partial charge is 0.496 e. The fourth-order valence-corrected chi connectivity index (χ4v) is 2.43. The molecule has 0 aliphatic carbocycles. The van der Waals surface area contributed by atoms with Gasteiger partial charge in [-0.2, -0.15) is 0 Å². The zero-order chi connectivity index (χ0) is 13.9. The van der Waals surface area contributed by atoms with Gasteiger partial charge in [0.25, 0.3) is 0 Å². The summed E-state index contributed by atoms with van der Waals surface area (Å²) < 4.78 is 11.6. The van der Waals surface area contributed by atoms with E-state index >= 15 is 0 Å². The number of rotatable bonds is 4. The lowest BCUT2D eigenvalue weighted by Crippen LogP contribution is -2.19. The molecule has 0 saturated carbocycles. The number of benzene rings is 1. The molecule has 0 spiro atoms. The minimum absolute atomic E-state index is 0.0676. The van der Waals surface area contributed by atoms with Crippen LogP contribution in [-0.2, 0) is 0 Å². The van der Waals surface area contributed by atoms with Crippen molar-refractivity contribution in [3.8, 4) is 11.5 Å². The average molecular weight is 316 g/mol. The molecule has 0 heterocycles. The van der Waals surface area contributed by atoms with Crippen LogP contribution in [0.4, 0.5) is 0 Å². The molecule has 0 aromatic heterocycles. The SMILES string of the molecule is COc1cc(C(N)CC(C)(C)C)c(OC)cc1Br. The molecular formula is C14H22BrNO2. The van der Waals surface area contributed by atoms with Gasteiger partial charge in [-0.05, 0) is 39.9 Å². The highest BCUT2D eigenvalue weighted by molar-refractivity contribution is 9.10. The Morgan fingerprint density at radius 1 is 1.17 bits per heavy atom. The Balaban J connectivity index is 3.13. The first-order valence-corrected chi connectivity index (χ1v) is 6.75. The summed E-state index contributed by atoms with van der Waals surface area (Å²) in [4.78, 5) is 0. The van der Waals surface area contributed by atoms with Crippen molar-refractivity contribution in [1.82, 2.24) is 0 Å². The highest BCUT2D eigenvalue weighted by Crippen LogP contribution is 2.38. The van der Waals surface area contributed by atoms with Crippen LogP contribution in [0, 0.1) is 5.41 Å². The van der Waals surface area contributed by atoms with E-state index in [0.29, 0.717) is 0 Å². The summed E-state index contributed by atoms with van der Waals surface area (Å²) >= 11 is 3.45. The molecule has 0 bridgehead atoms. The third kappa shape index (κ3) is 3.89. The Kier molecular flexibility index (Phi) is 5.05.